The molecule has 0 aromatic rings. The topological polar surface area (TPSA) is 0 Å². The second-order valence-corrected chi connectivity index (χ2v) is 12.1. The Bertz CT molecular complexity index is 350. The molecule has 0 amide bonds. The molecule has 4 heteroatoms. The van der Waals surface area contributed by atoms with Crippen LogP contribution in [0.1, 0.15) is 142 Å². The fourth-order valence-corrected chi connectivity index (χ4v) is 5.00. The zero-order valence-electron chi connectivity index (χ0n) is 24.6. The van der Waals surface area contributed by atoms with Crippen LogP contribution in [0, 0.1) is 0 Å². The van der Waals surface area contributed by atoms with Crippen molar-refractivity contribution in [1.29, 1.82) is 0 Å². The standard InChI is InChI=1S/C30H66N2.2HI/c1-7-9-11-13-15-17-19-23-27-31(3,4)29-25-21-22-26-30-32(5,6)28-24-20-18-16-14-12-10-8-2;;/h7-30H2,1-6H3;2*1H/q+2;;/p-2. The summed E-state index contributed by atoms with van der Waals surface area (Å²) in [5.74, 6) is 0. The lowest BCUT2D eigenvalue weighted by molar-refractivity contribution is -0.891. The largest absolute Gasteiger partial charge is 1.00 e. The van der Waals surface area contributed by atoms with Crippen molar-refractivity contribution in [3.8, 4) is 0 Å². The van der Waals surface area contributed by atoms with Crippen molar-refractivity contribution in [2.75, 3.05) is 54.4 Å². The third-order valence-electron chi connectivity index (χ3n) is 7.51. The lowest BCUT2D eigenvalue weighted by Crippen LogP contribution is -3.00. The number of unbranched alkanes of at least 4 members (excludes halogenated alkanes) is 17. The smallest absolute Gasteiger partial charge is 0.0782 e. The molecule has 34 heavy (non-hydrogen) atoms. The van der Waals surface area contributed by atoms with Crippen LogP contribution in [0.25, 0.3) is 0 Å². The normalized spacial score (nSPS) is 11.8. The Labute approximate surface area is 252 Å². The fourth-order valence-electron chi connectivity index (χ4n) is 5.00. The molecule has 0 atom stereocenters. The second kappa shape index (κ2) is 27.4. The summed E-state index contributed by atoms with van der Waals surface area (Å²) >= 11 is 0. The Kier molecular flexibility index (Phi) is 32.2. The molecule has 0 rings (SSSR count). The Hall–Kier alpha value is 1.38. The van der Waals surface area contributed by atoms with E-state index in [-0.39, 0.29) is 48.0 Å². The molecule has 0 heterocycles. The molecule has 2 nitrogen and oxygen atoms in total. The summed E-state index contributed by atoms with van der Waals surface area (Å²) in [5.41, 5.74) is 0. The molecule has 0 aromatic heterocycles. The number of nitrogens with zero attached hydrogens (tertiary/aromatic N) is 2. The van der Waals surface area contributed by atoms with E-state index in [0.29, 0.717) is 0 Å². The molecule has 0 aliphatic heterocycles. The zero-order valence-corrected chi connectivity index (χ0v) is 28.9. The van der Waals surface area contributed by atoms with Crippen LogP contribution in [0.2, 0.25) is 0 Å². The van der Waals surface area contributed by atoms with Gasteiger partial charge in [0.05, 0.1) is 54.4 Å². The highest BCUT2D eigenvalue weighted by Crippen LogP contribution is 2.14. The van der Waals surface area contributed by atoms with Crippen LogP contribution in [0.4, 0.5) is 0 Å². The van der Waals surface area contributed by atoms with Crippen molar-refractivity contribution in [3.05, 3.63) is 0 Å². The summed E-state index contributed by atoms with van der Waals surface area (Å²) in [7, 11) is 9.80. The van der Waals surface area contributed by atoms with Gasteiger partial charge in [-0.05, 0) is 51.4 Å². The summed E-state index contributed by atoms with van der Waals surface area (Å²) in [6.45, 7) is 10.1. The van der Waals surface area contributed by atoms with E-state index in [0.717, 1.165) is 0 Å². The van der Waals surface area contributed by atoms with E-state index in [1.165, 1.54) is 164 Å². The molecule has 210 valence electrons. The molecule has 0 unspecified atom stereocenters. The highest BCUT2D eigenvalue weighted by Gasteiger charge is 2.15. The van der Waals surface area contributed by atoms with Gasteiger partial charge in [0.25, 0.3) is 0 Å². The Morgan fingerprint density at radius 2 is 0.471 bits per heavy atom. The van der Waals surface area contributed by atoms with Crippen LogP contribution >= 0.6 is 0 Å². The monoisotopic (exact) mass is 708 g/mol. The molecule has 0 saturated heterocycles. The van der Waals surface area contributed by atoms with Crippen LogP contribution in [-0.4, -0.2) is 63.3 Å². The van der Waals surface area contributed by atoms with Gasteiger partial charge in [-0.3, -0.25) is 0 Å². The lowest BCUT2D eigenvalue weighted by Gasteiger charge is -2.31. The van der Waals surface area contributed by atoms with Gasteiger partial charge in [-0.25, -0.2) is 0 Å². The minimum absolute atomic E-state index is 0. The molecule has 0 fully saturated rings. The maximum absolute atomic E-state index is 2.45. The van der Waals surface area contributed by atoms with E-state index >= 15 is 0 Å². The van der Waals surface area contributed by atoms with Crippen molar-refractivity contribution < 1.29 is 56.9 Å². The predicted molar refractivity (Wildman–Crippen MR) is 147 cm³/mol. The molecule has 0 spiro atoms. The zero-order chi connectivity index (χ0) is 24.0. The van der Waals surface area contributed by atoms with Crippen molar-refractivity contribution in [2.24, 2.45) is 0 Å². The summed E-state index contributed by atoms with van der Waals surface area (Å²) in [5, 5.41) is 0. The van der Waals surface area contributed by atoms with Gasteiger partial charge in [0.15, 0.2) is 0 Å². The fraction of sp³-hybridized carbons (Fsp3) is 1.00. The summed E-state index contributed by atoms with van der Waals surface area (Å²) in [6.07, 6.45) is 28.6. The first-order valence-electron chi connectivity index (χ1n) is 15.0. The van der Waals surface area contributed by atoms with Crippen LogP contribution in [0.3, 0.4) is 0 Å². The van der Waals surface area contributed by atoms with Gasteiger partial charge >= 0.3 is 0 Å². The number of hydrogen-bond acceptors (Lipinski definition) is 0. The number of halogens is 2. The quantitative estimate of drug-likeness (QED) is 0.0779. The predicted octanol–water partition coefficient (Wildman–Crippen LogP) is 2.99. The average molecular weight is 709 g/mol. The molecule has 0 aliphatic carbocycles. The second-order valence-electron chi connectivity index (χ2n) is 12.1. The molecular formula is C30H66I2N2. The van der Waals surface area contributed by atoms with E-state index in [1.807, 2.05) is 0 Å². The van der Waals surface area contributed by atoms with Crippen molar-refractivity contribution in [2.45, 2.75) is 142 Å². The van der Waals surface area contributed by atoms with Gasteiger partial charge < -0.3 is 56.9 Å². The van der Waals surface area contributed by atoms with Gasteiger partial charge in [-0.2, -0.15) is 0 Å². The summed E-state index contributed by atoms with van der Waals surface area (Å²) < 4.78 is 2.46. The molecule has 0 N–H and O–H groups in total. The van der Waals surface area contributed by atoms with Crippen molar-refractivity contribution in [1.82, 2.24) is 0 Å². The lowest BCUT2D eigenvalue weighted by atomic mass is 10.1. The third-order valence-corrected chi connectivity index (χ3v) is 7.51. The van der Waals surface area contributed by atoms with E-state index in [1.54, 1.807) is 0 Å². The number of hydrogen-bond donors (Lipinski definition) is 0. The molecular weight excluding hydrogens is 642 g/mol. The minimum Gasteiger partial charge on any atom is -1.00 e. The van der Waals surface area contributed by atoms with Crippen molar-refractivity contribution in [3.63, 3.8) is 0 Å². The molecule has 0 aliphatic rings. The first-order chi connectivity index (χ1) is 15.3. The molecule has 0 aromatic carbocycles. The van der Waals surface area contributed by atoms with Gasteiger partial charge in [-0.1, -0.05) is 90.9 Å². The highest BCUT2D eigenvalue weighted by atomic mass is 127. The van der Waals surface area contributed by atoms with Gasteiger partial charge in [0.1, 0.15) is 0 Å². The summed E-state index contributed by atoms with van der Waals surface area (Å²) in [4.78, 5) is 0. The molecule has 0 bridgehead atoms. The molecule has 0 saturated carbocycles. The Morgan fingerprint density at radius 3 is 0.676 bits per heavy atom. The maximum atomic E-state index is 2.45. The van der Waals surface area contributed by atoms with Crippen molar-refractivity contribution >= 4 is 0 Å². The summed E-state index contributed by atoms with van der Waals surface area (Å²) in [6, 6.07) is 0. The Morgan fingerprint density at radius 1 is 0.294 bits per heavy atom. The minimum atomic E-state index is 0. The SMILES string of the molecule is CCCCCCCCCC[N+](C)(C)CCCCCC[N+](C)(C)CCCCCCCCCC.[I-].[I-]. The van der Waals surface area contributed by atoms with E-state index < -0.39 is 0 Å². The van der Waals surface area contributed by atoms with Gasteiger partial charge in [0, 0.05) is 0 Å². The first-order valence-corrected chi connectivity index (χ1v) is 15.0. The third kappa shape index (κ3) is 29.6. The van der Waals surface area contributed by atoms with Crippen LogP contribution in [0.5, 0.6) is 0 Å². The maximum Gasteiger partial charge on any atom is 0.0782 e. The van der Waals surface area contributed by atoms with Crippen LogP contribution in [-0.2, 0) is 0 Å². The van der Waals surface area contributed by atoms with E-state index in [2.05, 4.69) is 42.0 Å². The van der Waals surface area contributed by atoms with Gasteiger partial charge in [0.2, 0.25) is 0 Å². The van der Waals surface area contributed by atoms with E-state index in [9.17, 15) is 0 Å². The van der Waals surface area contributed by atoms with E-state index in [4.69, 9.17) is 0 Å². The highest BCUT2D eigenvalue weighted by molar-refractivity contribution is 4.49. The number of rotatable bonds is 25. The van der Waals surface area contributed by atoms with Gasteiger partial charge in [-0.15, -0.1) is 0 Å². The molecule has 0 radical (unpaired) electrons. The van der Waals surface area contributed by atoms with Crippen LogP contribution < -0.4 is 48.0 Å². The first kappa shape index (κ1) is 39.9. The number of quaternary nitrogens is 2. The average Bonchev–Trinajstić information content (AvgIpc) is 2.74. The van der Waals surface area contributed by atoms with Crippen LogP contribution in [0.15, 0.2) is 0 Å². The Balaban J connectivity index is -0.00000480.